The van der Waals surface area contributed by atoms with Crippen molar-refractivity contribution in [1.82, 2.24) is 15.3 Å². The average molecular weight is 259 g/mol. The van der Waals surface area contributed by atoms with Crippen molar-refractivity contribution < 1.29 is 0 Å². The van der Waals surface area contributed by atoms with Crippen LogP contribution in [0.5, 0.6) is 0 Å². The normalized spacial score (nSPS) is 16.9. The molecule has 2 aromatic heterocycles. The molecule has 0 aliphatic carbocycles. The Morgan fingerprint density at radius 2 is 2.11 bits per heavy atom. The molecule has 1 saturated heterocycles. The van der Waals surface area contributed by atoms with E-state index in [1.165, 1.54) is 23.4 Å². The van der Waals surface area contributed by atoms with Crippen molar-refractivity contribution in [3.63, 3.8) is 0 Å². The van der Waals surface area contributed by atoms with Gasteiger partial charge in [0, 0.05) is 11.1 Å². The van der Waals surface area contributed by atoms with Crippen LogP contribution in [0.25, 0.3) is 10.7 Å². The van der Waals surface area contributed by atoms with E-state index in [2.05, 4.69) is 17.2 Å². The highest BCUT2D eigenvalue weighted by atomic mass is 32.1. The Kier molecular flexibility index (Phi) is 3.39. The second-order valence-electron chi connectivity index (χ2n) is 4.71. The topological polar surface area (TPSA) is 37.8 Å². The highest BCUT2D eigenvalue weighted by Gasteiger charge is 2.21. The number of pyridine rings is 1. The van der Waals surface area contributed by atoms with Gasteiger partial charge in [-0.2, -0.15) is 0 Å². The molecule has 0 unspecified atom stereocenters. The fraction of sp³-hybridized carbons (Fsp3) is 0.429. The first kappa shape index (κ1) is 11.8. The van der Waals surface area contributed by atoms with E-state index in [9.17, 15) is 0 Å². The van der Waals surface area contributed by atoms with Crippen LogP contribution in [0, 0.1) is 6.92 Å². The van der Waals surface area contributed by atoms with Crippen LogP contribution in [0.15, 0.2) is 24.4 Å². The van der Waals surface area contributed by atoms with Crippen LogP contribution >= 0.6 is 11.3 Å². The number of hydrogen-bond donors (Lipinski definition) is 1. The molecule has 0 radical (unpaired) electrons. The monoisotopic (exact) mass is 259 g/mol. The van der Waals surface area contributed by atoms with Crippen molar-refractivity contribution in [2.75, 3.05) is 13.1 Å². The zero-order chi connectivity index (χ0) is 12.4. The zero-order valence-electron chi connectivity index (χ0n) is 10.5. The fourth-order valence-electron chi connectivity index (χ4n) is 2.47. The number of nitrogens with zero attached hydrogens (tertiary/aromatic N) is 2. The Hall–Kier alpha value is -1.26. The molecule has 2 aromatic rings. The maximum Gasteiger partial charge on any atom is 0.142 e. The van der Waals surface area contributed by atoms with Crippen LogP contribution in [0.2, 0.25) is 0 Å². The predicted molar refractivity (Wildman–Crippen MR) is 74.9 cm³/mol. The Morgan fingerprint density at radius 3 is 2.83 bits per heavy atom. The summed E-state index contributed by atoms with van der Waals surface area (Å²) in [4.78, 5) is 10.5. The van der Waals surface area contributed by atoms with Gasteiger partial charge >= 0.3 is 0 Å². The first-order valence-electron chi connectivity index (χ1n) is 6.44. The standard InChI is InChI=1S/C14H17N3S/c1-10-13(11-5-8-15-9-6-11)18-14(17-10)12-4-2-3-7-16-12/h2-4,7,11,15H,5-6,8-9H2,1H3. The van der Waals surface area contributed by atoms with E-state index in [1.54, 1.807) is 0 Å². The molecule has 0 atom stereocenters. The maximum absolute atomic E-state index is 4.69. The molecule has 1 N–H and O–H groups in total. The van der Waals surface area contributed by atoms with Gasteiger partial charge in [0.1, 0.15) is 5.01 Å². The molecule has 3 heterocycles. The molecule has 0 aromatic carbocycles. The third kappa shape index (κ3) is 2.31. The van der Waals surface area contributed by atoms with E-state index >= 15 is 0 Å². The summed E-state index contributed by atoms with van der Waals surface area (Å²) >= 11 is 1.82. The van der Waals surface area contributed by atoms with E-state index in [0.29, 0.717) is 5.92 Å². The molecule has 1 aliphatic heterocycles. The Morgan fingerprint density at radius 1 is 1.28 bits per heavy atom. The van der Waals surface area contributed by atoms with Gasteiger partial charge in [-0.05, 0) is 50.9 Å². The smallest absolute Gasteiger partial charge is 0.142 e. The van der Waals surface area contributed by atoms with Gasteiger partial charge in [0.2, 0.25) is 0 Å². The number of aromatic nitrogens is 2. The molecule has 3 nitrogen and oxygen atoms in total. The van der Waals surface area contributed by atoms with Crippen LogP contribution in [-0.4, -0.2) is 23.1 Å². The largest absolute Gasteiger partial charge is 0.317 e. The summed E-state index contributed by atoms with van der Waals surface area (Å²) < 4.78 is 0. The van der Waals surface area contributed by atoms with Gasteiger partial charge in [0.05, 0.1) is 11.4 Å². The Balaban J connectivity index is 1.91. The molecule has 3 rings (SSSR count). The third-order valence-corrected chi connectivity index (χ3v) is 4.77. The van der Waals surface area contributed by atoms with Crippen molar-refractivity contribution >= 4 is 11.3 Å². The summed E-state index contributed by atoms with van der Waals surface area (Å²) in [5.74, 6) is 0.682. The molecule has 1 aliphatic rings. The molecule has 0 amide bonds. The van der Waals surface area contributed by atoms with Crippen molar-refractivity contribution in [1.29, 1.82) is 0 Å². The van der Waals surface area contributed by atoms with Crippen molar-refractivity contribution in [2.24, 2.45) is 0 Å². The van der Waals surface area contributed by atoms with Gasteiger partial charge in [-0.1, -0.05) is 6.07 Å². The lowest BCUT2D eigenvalue weighted by molar-refractivity contribution is 0.463. The number of nitrogens with one attached hydrogen (secondary N) is 1. The predicted octanol–water partition coefficient (Wildman–Crippen LogP) is 2.98. The minimum Gasteiger partial charge on any atom is -0.317 e. The second-order valence-corrected chi connectivity index (χ2v) is 5.74. The van der Waals surface area contributed by atoms with Crippen molar-refractivity contribution in [2.45, 2.75) is 25.7 Å². The van der Waals surface area contributed by atoms with Gasteiger partial charge < -0.3 is 5.32 Å². The molecule has 18 heavy (non-hydrogen) atoms. The van der Waals surface area contributed by atoms with E-state index in [4.69, 9.17) is 4.98 Å². The molecule has 94 valence electrons. The Labute approximate surface area is 111 Å². The number of hydrogen-bond acceptors (Lipinski definition) is 4. The lowest BCUT2D eigenvalue weighted by Crippen LogP contribution is -2.26. The minimum atomic E-state index is 0.682. The molecule has 0 bridgehead atoms. The maximum atomic E-state index is 4.69. The summed E-state index contributed by atoms with van der Waals surface area (Å²) in [7, 11) is 0. The molecule has 4 heteroatoms. The van der Waals surface area contributed by atoms with Gasteiger partial charge in [-0.25, -0.2) is 4.98 Å². The first-order chi connectivity index (χ1) is 8.84. The van der Waals surface area contributed by atoms with Gasteiger partial charge in [-0.3, -0.25) is 4.98 Å². The van der Waals surface area contributed by atoms with Crippen LogP contribution in [0.1, 0.15) is 29.3 Å². The highest BCUT2D eigenvalue weighted by molar-refractivity contribution is 7.15. The minimum absolute atomic E-state index is 0.682. The van der Waals surface area contributed by atoms with Crippen LogP contribution in [0.3, 0.4) is 0 Å². The van der Waals surface area contributed by atoms with Gasteiger partial charge in [0.15, 0.2) is 0 Å². The van der Waals surface area contributed by atoms with Crippen LogP contribution < -0.4 is 5.32 Å². The van der Waals surface area contributed by atoms with Crippen LogP contribution in [0.4, 0.5) is 0 Å². The Bertz CT molecular complexity index is 515. The molecule has 0 saturated carbocycles. The van der Waals surface area contributed by atoms with E-state index in [-0.39, 0.29) is 0 Å². The lowest BCUT2D eigenvalue weighted by Gasteiger charge is -2.21. The van der Waals surface area contributed by atoms with Gasteiger partial charge in [-0.15, -0.1) is 11.3 Å². The van der Waals surface area contributed by atoms with Crippen LogP contribution in [-0.2, 0) is 0 Å². The molecule has 0 spiro atoms. The quantitative estimate of drug-likeness (QED) is 0.901. The summed E-state index contributed by atoms with van der Waals surface area (Å²) in [6, 6.07) is 5.99. The van der Waals surface area contributed by atoms with Gasteiger partial charge in [0.25, 0.3) is 0 Å². The molecule has 1 fully saturated rings. The second kappa shape index (κ2) is 5.16. The number of piperidine rings is 1. The number of aryl methyl sites for hydroxylation is 1. The molecular formula is C14H17N3S. The fourth-order valence-corrected chi connectivity index (χ4v) is 3.68. The summed E-state index contributed by atoms with van der Waals surface area (Å²) in [6.07, 6.45) is 4.28. The van der Waals surface area contributed by atoms with E-state index in [1.807, 2.05) is 35.7 Å². The highest BCUT2D eigenvalue weighted by Crippen LogP contribution is 2.35. The number of thiazole rings is 1. The molecular weight excluding hydrogens is 242 g/mol. The summed E-state index contributed by atoms with van der Waals surface area (Å²) in [5, 5.41) is 4.47. The van der Waals surface area contributed by atoms with Crippen molar-refractivity contribution in [3.05, 3.63) is 35.0 Å². The number of rotatable bonds is 2. The average Bonchev–Trinajstić information content (AvgIpc) is 2.83. The van der Waals surface area contributed by atoms with E-state index < -0.39 is 0 Å². The zero-order valence-corrected chi connectivity index (χ0v) is 11.3. The summed E-state index contributed by atoms with van der Waals surface area (Å²) in [6.45, 7) is 4.38. The van der Waals surface area contributed by atoms with Crippen molar-refractivity contribution in [3.8, 4) is 10.7 Å². The SMILES string of the molecule is Cc1nc(-c2ccccn2)sc1C1CCNCC1. The van der Waals surface area contributed by atoms with E-state index in [0.717, 1.165) is 23.8 Å². The summed E-state index contributed by atoms with van der Waals surface area (Å²) in [5.41, 5.74) is 2.18. The first-order valence-corrected chi connectivity index (χ1v) is 7.25. The third-order valence-electron chi connectivity index (χ3n) is 3.43. The lowest BCUT2D eigenvalue weighted by atomic mass is 9.96.